The minimum Gasteiger partial charge on any atom is -0.491 e. The van der Waals surface area contributed by atoms with Gasteiger partial charge in [-0.1, -0.05) is 69.8 Å². The fraction of sp³-hybridized carbons (Fsp3) is 0.533. The van der Waals surface area contributed by atoms with Gasteiger partial charge in [-0.3, -0.25) is 0 Å². The van der Waals surface area contributed by atoms with Crippen molar-refractivity contribution < 1.29 is 23.7 Å². The van der Waals surface area contributed by atoms with Crippen molar-refractivity contribution in [2.24, 2.45) is 11.1 Å². The van der Waals surface area contributed by atoms with Crippen LogP contribution in [0, 0.1) is 5.41 Å². The Hall–Kier alpha value is -2.26. The van der Waals surface area contributed by atoms with Crippen molar-refractivity contribution in [1.29, 1.82) is 0 Å². The topological polar surface area (TPSA) is 84.2 Å². The van der Waals surface area contributed by atoms with Crippen LogP contribution in [0.5, 0.6) is 5.75 Å². The van der Waals surface area contributed by atoms with E-state index in [-0.39, 0.29) is 11.5 Å². The van der Waals surface area contributed by atoms with Crippen molar-refractivity contribution in [2.45, 2.75) is 33.4 Å². The van der Waals surface area contributed by atoms with Gasteiger partial charge in [0.05, 0.1) is 52.9 Å². The lowest BCUT2D eigenvalue weighted by Crippen LogP contribution is -2.33. The van der Waals surface area contributed by atoms with E-state index in [2.05, 4.69) is 32.7 Å². The van der Waals surface area contributed by atoms with Crippen LogP contribution in [0.4, 0.5) is 0 Å². The Kier molecular flexibility index (Phi) is 15.1. The molecule has 0 heterocycles. The molecular formula is C30H46N2O5. The number of nitrogens with two attached hydrogens (primary N) is 1. The number of hydrogen-bond acceptors (Lipinski definition) is 7. The third kappa shape index (κ3) is 14.9. The summed E-state index contributed by atoms with van der Waals surface area (Å²) in [7, 11) is 0. The molecule has 7 heteroatoms. The van der Waals surface area contributed by atoms with Crippen LogP contribution < -0.4 is 15.8 Å². The van der Waals surface area contributed by atoms with Crippen LogP contribution in [0.25, 0.3) is 6.08 Å². The summed E-state index contributed by atoms with van der Waals surface area (Å²) in [6.45, 7) is 16.8. The van der Waals surface area contributed by atoms with Crippen LogP contribution in [0.3, 0.4) is 0 Å². The second-order valence-corrected chi connectivity index (χ2v) is 10.1. The summed E-state index contributed by atoms with van der Waals surface area (Å²) in [5, 5.41) is 3.43. The number of nitrogens with one attached hydrogen (secondary N) is 1. The Balaban J connectivity index is 1.38. The molecule has 0 amide bonds. The highest BCUT2D eigenvalue weighted by Crippen LogP contribution is 2.17. The second kappa shape index (κ2) is 18.1. The van der Waals surface area contributed by atoms with Crippen molar-refractivity contribution in [3.05, 3.63) is 71.8 Å². The normalized spacial score (nSPS) is 12.4. The third-order valence-corrected chi connectivity index (χ3v) is 5.42. The molecule has 0 aliphatic rings. The molecule has 206 valence electrons. The first-order valence-corrected chi connectivity index (χ1v) is 13.1. The molecule has 1 atom stereocenters. The quantitative estimate of drug-likeness (QED) is 0.250. The highest BCUT2D eigenvalue weighted by molar-refractivity contribution is 5.47. The molecule has 0 fully saturated rings. The summed E-state index contributed by atoms with van der Waals surface area (Å²) < 4.78 is 28.0. The number of rotatable bonds is 20. The maximum atomic E-state index is 6.28. The van der Waals surface area contributed by atoms with Gasteiger partial charge in [0.2, 0.25) is 0 Å². The Bertz CT molecular complexity index is 850. The van der Waals surface area contributed by atoms with Gasteiger partial charge >= 0.3 is 0 Å². The number of ether oxygens (including phenoxy) is 5. The Morgan fingerprint density at radius 3 is 1.86 bits per heavy atom. The van der Waals surface area contributed by atoms with Crippen LogP contribution in [0.2, 0.25) is 0 Å². The maximum Gasteiger partial charge on any atom is 0.119 e. The van der Waals surface area contributed by atoms with Crippen molar-refractivity contribution in [2.75, 3.05) is 65.9 Å². The van der Waals surface area contributed by atoms with E-state index >= 15 is 0 Å². The van der Waals surface area contributed by atoms with Gasteiger partial charge in [-0.15, -0.1) is 0 Å². The van der Waals surface area contributed by atoms with Gasteiger partial charge in [-0.2, -0.15) is 0 Å². The first-order chi connectivity index (χ1) is 17.9. The molecule has 0 saturated heterocycles. The number of hydrogen-bond donors (Lipinski definition) is 2. The van der Waals surface area contributed by atoms with Gasteiger partial charge in [0.25, 0.3) is 0 Å². The van der Waals surface area contributed by atoms with E-state index in [1.165, 1.54) is 0 Å². The van der Waals surface area contributed by atoms with Crippen LogP contribution in [0.15, 0.2) is 55.1 Å². The van der Waals surface area contributed by atoms with Gasteiger partial charge in [-0.05, 0) is 34.2 Å². The van der Waals surface area contributed by atoms with Crippen molar-refractivity contribution in [3.63, 3.8) is 0 Å². The molecule has 0 bridgehead atoms. The fourth-order valence-corrected chi connectivity index (χ4v) is 3.35. The Morgan fingerprint density at radius 2 is 1.32 bits per heavy atom. The molecule has 0 aliphatic carbocycles. The lowest BCUT2D eigenvalue weighted by atomic mass is 9.97. The predicted molar refractivity (Wildman–Crippen MR) is 150 cm³/mol. The lowest BCUT2D eigenvalue weighted by Gasteiger charge is -2.21. The number of benzene rings is 2. The van der Waals surface area contributed by atoms with E-state index in [0.717, 1.165) is 35.5 Å². The van der Waals surface area contributed by atoms with Crippen LogP contribution >= 0.6 is 0 Å². The van der Waals surface area contributed by atoms with E-state index in [9.17, 15) is 0 Å². The molecule has 2 aromatic carbocycles. The minimum atomic E-state index is -0.0374. The van der Waals surface area contributed by atoms with E-state index in [0.29, 0.717) is 59.5 Å². The molecular weight excluding hydrogens is 468 g/mol. The first kappa shape index (κ1) is 31.0. The van der Waals surface area contributed by atoms with Gasteiger partial charge in [0.1, 0.15) is 12.4 Å². The minimum absolute atomic E-state index is 0.0374. The largest absolute Gasteiger partial charge is 0.491 e. The van der Waals surface area contributed by atoms with E-state index in [4.69, 9.17) is 29.4 Å². The van der Waals surface area contributed by atoms with E-state index in [1.807, 2.05) is 54.6 Å². The molecule has 0 spiro atoms. The summed E-state index contributed by atoms with van der Waals surface area (Å²) in [5.41, 5.74) is 9.86. The standard InChI is InChI=1S/C30H46N2O5/c1-5-25-6-8-26(9-7-25)23-36-19-18-34-15-14-33-16-17-35-20-21-37-28-12-10-27(11-13-28)29(31)22-32-24-30(2,3)4/h5-13,29,32H,1,14-24,31H2,2-4H3/t29-/m1/s1. The molecule has 0 saturated carbocycles. The predicted octanol–water partition coefficient (Wildman–Crippen LogP) is 4.61. The van der Waals surface area contributed by atoms with Crippen molar-refractivity contribution in [1.82, 2.24) is 5.32 Å². The highest BCUT2D eigenvalue weighted by Gasteiger charge is 2.11. The second-order valence-electron chi connectivity index (χ2n) is 10.1. The van der Waals surface area contributed by atoms with Gasteiger partial charge in [0, 0.05) is 19.1 Å². The summed E-state index contributed by atoms with van der Waals surface area (Å²) in [6, 6.07) is 16.0. The molecule has 7 nitrogen and oxygen atoms in total. The zero-order valence-corrected chi connectivity index (χ0v) is 22.9. The van der Waals surface area contributed by atoms with Crippen LogP contribution in [-0.4, -0.2) is 65.9 Å². The summed E-state index contributed by atoms with van der Waals surface area (Å²) >= 11 is 0. The fourth-order valence-electron chi connectivity index (χ4n) is 3.35. The molecule has 0 aromatic heterocycles. The lowest BCUT2D eigenvalue weighted by molar-refractivity contribution is -0.00659. The summed E-state index contributed by atoms with van der Waals surface area (Å²) in [5.74, 6) is 0.810. The van der Waals surface area contributed by atoms with E-state index in [1.54, 1.807) is 0 Å². The maximum absolute atomic E-state index is 6.28. The molecule has 3 N–H and O–H groups in total. The SMILES string of the molecule is C=Cc1ccc(COCCOCCOCCOCCOc2ccc([C@H](N)CNCC(C)(C)C)cc2)cc1. The Labute approximate surface area is 223 Å². The zero-order valence-electron chi connectivity index (χ0n) is 22.9. The molecule has 0 aliphatic heterocycles. The van der Waals surface area contributed by atoms with E-state index < -0.39 is 0 Å². The van der Waals surface area contributed by atoms with Gasteiger partial charge in [-0.25, -0.2) is 0 Å². The first-order valence-electron chi connectivity index (χ1n) is 13.1. The Morgan fingerprint density at radius 1 is 0.784 bits per heavy atom. The van der Waals surface area contributed by atoms with Crippen molar-refractivity contribution in [3.8, 4) is 5.75 Å². The van der Waals surface area contributed by atoms with Crippen molar-refractivity contribution >= 4 is 6.08 Å². The molecule has 2 aromatic rings. The molecule has 0 unspecified atom stereocenters. The third-order valence-electron chi connectivity index (χ3n) is 5.42. The molecule has 0 radical (unpaired) electrons. The average Bonchev–Trinajstić information content (AvgIpc) is 2.88. The van der Waals surface area contributed by atoms with Crippen LogP contribution in [-0.2, 0) is 25.6 Å². The summed E-state index contributed by atoms with van der Waals surface area (Å²) in [6.07, 6.45) is 1.83. The van der Waals surface area contributed by atoms with Gasteiger partial charge < -0.3 is 34.7 Å². The highest BCUT2D eigenvalue weighted by atomic mass is 16.6. The zero-order chi connectivity index (χ0) is 26.8. The van der Waals surface area contributed by atoms with Gasteiger partial charge in [0.15, 0.2) is 0 Å². The molecule has 37 heavy (non-hydrogen) atoms. The average molecular weight is 515 g/mol. The monoisotopic (exact) mass is 514 g/mol. The smallest absolute Gasteiger partial charge is 0.119 e. The van der Waals surface area contributed by atoms with Crippen LogP contribution in [0.1, 0.15) is 43.5 Å². The molecule has 2 rings (SSSR count). The summed E-state index contributed by atoms with van der Waals surface area (Å²) in [4.78, 5) is 0.